The van der Waals surface area contributed by atoms with E-state index in [1.165, 1.54) is 10.8 Å². The molecule has 0 heterocycles. The van der Waals surface area contributed by atoms with E-state index in [2.05, 4.69) is 48.5 Å². The average molecular weight is 260 g/mol. The van der Waals surface area contributed by atoms with Gasteiger partial charge in [0.15, 0.2) is 0 Å². The largest absolute Gasteiger partial charge is 0.391 e. The molecule has 0 aliphatic carbocycles. The second-order valence-corrected chi connectivity index (χ2v) is 4.78. The van der Waals surface area contributed by atoms with Crippen LogP contribution in [0, 0.1) is 0 Å². The van der Waals surface area contributed by atoms with Gasteiger partial charge in [-0.3, -0.25) is 4.57 Å². The number of alkyl halides is 2. The highest BCUT2D eigenvalue weighted by atomic mass is 31.2. The van der Waals surface area contributed by atoms with Crippen LogP contribution in [0.15, 0.2) is 48.5 Å². The third kappa shape index (κ3) is 4.61. The molecule has 0 saturated carbocycles. The van der Waals surface area contributed by atoms with Crippen molar-refractivity contribution < 1.29 is 23.1 Å². The van der Waals surface area contributed by atoms with E-state index in [1.54, 1.807) is 0 Å². The van der Waals surface area contributed by atoms with Gasteiger partial charge in [-0.25, -0.2) is 0 Å². The van der Waals surface area contributed by atoms with Crippen molar-refractivity contribution >= 4 is 18.4 Å². The van der Waals surface area contributed by atoms with Crippen LogP contribution >= 0.6 is 7.60 Å². The Morgan fingerprint density at radius 1 is 0.882 bits per heavy atom. The van der Waals surface area contributed by atoms with Crippen LogP contribution in [0.1, 0.15) is 0 Å². The topological polar surface area (TPSA) is 57.5 Å². The van der Waals surface area contributed by atoms with Gasteiger partial charge in [-0.1, -0.05) is 48.5 Å². The van der Waals surface area contributed by atoms with Gasteiger partial charge in [0.25, 0.3) is 0 Å². The molecule has 3 nitrogen and oxygen atoms in total. The summed E-state index contributed by atoms with van der Waals surface area (Å²) in [5, 5.41) is 2.62. The minimum absolute atomic E-state index is 1.31. The maximum atomic E-state index is 10.8. The molecule has 0 amide bonds. The van der Waals surface area contributed by atoms with Crippen LogP contribution in [0.3, 0.4) is 0 Å². The molecular formula is C11H11F2O3P. The first-order chi connectivity index (χ1) is 7.91. The van der Waals surface area contributed by atoms with Crippen molar-refractivity contribution in [2.75, 3.05) is 0 Å². The fourth-order valence-electron chi connectivity index (χ4n) is 1.13. The lowest BCUT2D eigenvalue weighted by molar-refractivity contribution is 0.184. The summed E-state index contributed by atoms with van der Waals surface area (Å²) in [7, 11) is -5.07. The minimum Gasteiger partial charge on any atom is -0.320 e. The fourth-order valence-corrected chi connectivity index (χ4v) is 1.13. The molecule has 0 fully saturated rings. The molecule has 0 saturated heterocycles. The van der Waals surface area contributed by atoms with Crippen LogP contribution < -0.4 is 0 Å². The summed E-state index contributed by atoms with van der Waals surface area (Å²) in [6, 6.07) is 16.7. The van der Waals surface area contributed by atoms with Crippen LogP contribution in [0.4, 0.5) is 8.78 Å². The predicted molar refractivity (Wildman–Crippen MR) is 62.0 cm³/mol. The Morgan fingerprint density at radius 3 is 1.29 bits per heavy atom. The summed E-state index contributed by atoms with van der Waals surface area (Å²) in [4.78, 5) is 14.9. The summed E-state index contributed by atoms with van der Waals surface area (Å²) in [6.07, 6.45) is -3.53. The van der Waals surface area contributed by atoms with Crippen LogP contribution in [0.25, 0.3) is 10.8 Å². The van der Waals surface area contributed by atoms with Crippen molar-refractivity contribution in [2.24, 2.45) is 0 Å². The molecule has 92 valence electrons. The van der Waals surface area contributed by atoms with Gasteiger partial charge < -0.3 is 9.79 Å². The molecule has 0 unspecified atom stereocenters. The molecule has 0 spiro atoms. The van der Waals surface area contributed by atoms with E-state index < -0.39 is 13.8 Å². The van der Waals surface area contributed by atoms with Gasteiger partial charge in [0.1, 0.15) is 0 Å². The molecule has 0 radical (unpaired) electrons. The van der Waals surface area contributed by atoms with Gasteiger partial charge >= 0.3 is 13.8 Å². The van der Waals surface area contributed by atoms with E-state index in [-0.39, 0.29) is 0 Å². The van der Waals surface area contributed by atoms with Gasteiger partial charge in [0.05, 0.1) is 0 Å². The SMILES string of the molecule is O=P(O)(O)C(F)F.c1ccc2ccccc2c1. The Balaban J connectivity index is 0.000000185. The second kappa shape index (κ2) is 5.87. The molecule has 0 atom stereocenters. The van der Waals surface area contributed by atoms with Gasteiger partial charge in [-0.15, -0.1) is 0 Å². The first kappa shape index (κ1) is 13.8. The van der Waals surface area contributed by atoms with Crippen molar-refractivity contribution in [2.45, 2.75) is 6.17 Å². The maximum absolute atomic E-state index is 10.8. The molecule has 0 aromatic heterocycles. The summed E-state index contributed by atoms with van der Waals surface area (Å²) >= 11 is 0. The number of rotatable bonds is 1. The first-order valence-corrected chi connectivity index (χ1v) is 6.36. The lowest BCUT2D eigenvalue weighted by atomic mass is 10.1. The Labute approximate surface area is 96.9 Å². The molecule has 0 aliphatic rings. The van der Waals surface area contributed by atoms with Crippen molar-refractivity contribution in [3.05, 3.63) is 48.5 Å². The van der Waals surface area contributed by atoms with E-state index in [1.807, 2.05) is 0 Å². The Bertz CT molecular complexity index is 459. The molecule has 2 aromatic carbocycles. The highest BCUT2D eigenvalue weighted by molar-refractivity contribution is 7.52. The number of benzene rings is 2. The normalized spacial score (nSPS) is 11.1. The monoisotopic (exact) mass is 260 g/mol. The van der Waals surface area contributed by atoms with Gasteiger partial charge in [0, 0.05) is 0 Å². The van der Waals surface area contributed by atoms with Crippen molar-refractivity contribution in [3.8, 4) is 0 Å². The molecular weight excluding hydrogens is 249 g/mol. The van der Waals surface area contributed by atoms with E-state index in [0.717, 1.165) is 0 Å². The molecule has 2 aromatic rings. The fraction of sp³-hybridized carbons (Fsp3) is 0.0909. The first-order valence-electron chi connectivity index (χ1n) is 4.68. The van der Waals surface area contributed by atoms with Crippen LogP contribution in [-0.4, -0.2) is 16.0 Å². The zero-order chi connectivity index (χ0) is 12.9. The highest BCUT2D eigenvalue weighted by Crippen LogP contribution is 2.42. The lowest BCUT2D eigenvalue weighted by Gasteiger charge is -1.97. The summed E-state index contributed by atoms with van der Waals surface area (Å²) in [5.74, 6) is 0. The number of hydrogen-bond donors (Lipinski definition) is 2. The van der Waals surface area contributed by atoms with E-state index in [9.17, 15) is 13.3 Å². The molecule has 2 rings (SSSR count). The number of fused-ring (bicyclic) bond motifs is 1. The van der Waals surface area contributed by atoms with Gasteiger partial charge in [-0.05, 0) is 10.8 Å². The van der Waals surface area contributed by atoms with E-state index in [0.29, 0.717) is 0 Å². The zero-order valence-electron chi connectivity index (χ0n) is 8.70. The lowest BCUT2D eigenvalue weighted by Crippen LogP contribution is -1.89. The quantitative estimate of drug-likeness (QED) is 0.774. The van der Waals surface area contributed by atoms with Crippen LogP contribution in [-0.2, 0) is 4.57 Å². The maximum Gasteiger partial charge on any atom is 0.391 e. The van der Waals surface area contributed by atoms with Crippen molar-refractivity contribution in [3.63, 3.8) is 0 Å². The summed E-state index contributed by atoms with van der Waals surface area (Å²) < 4.78 is 30.8. The standard InChI is InChI=1S/C10H8.CH3F2O3P/c1-2-6-10-8-4-3-7-9(10)5-1;2-1(3)7(4,5)6/h1-8H;1H,(H2,4,5,6). The average Bonchev–Trinajstić information content (AvgIpc) is 2.29. The Kier molecular flexibility index (Phi) is 4.75. The number of hydrogen-bond acceptors (Lipinski definition) is 1. The summed E-state index contributed by atoms with van der Waals surface area (Å²) in [5.41, 5.74) is 0. The third-order valence-corrected chi connectivity index (χ3v) is 2.42. The third-order valence-electron chi connectivity index (χ3n) is 1.91. The predicted octanol–water partition coefficient (Wildman–Crippen LogP) is 3.23. The van der Waals surface area contributed by atoms with E-state index >= 15 is 0 Å². The van der Waals surface area contributed by atoms with Gasteiger partial charge in [-0.2, -0.15) is 8.78 Å². The van der Waals surface area contributed by atoms with Crippen LogP contribution in [0.5, 0.6) is 0 Å². The van der Waals surface area contributed by atoms with E-state index in [4.69, 9.17) is 9.79 Å². The van der Waals surface area contributed by atoms with Crippen molar-refractivity contribution in [1.82, 2.24) is 0 Å². The smallest absolute Gasteiger partial charge is 0.320 e. The zero-order valence-corrected chi connectivity index (χ0v) is 9.60. The summed E-state index contributed by atoms with van der Waals surface area (Å²) in [6.45, 7) is 0. The number of halogens is 2. The van der Waals surface area contributed by atoms with Crippen LogP contribution in [0.2, 0.25) is 0 Å². The Hall–Kier alpha value is -1.29. The Morgan fingerprint density at radius 2 is 1.12 bits per heavy atom. The highest BCUT2D eigenvalue weighted by Gasteiger charge is 2.27. The van der Waals surface area contributed by atoms with Gasteiger partial charge in [0.2, 0.25) is 0 Å². The molecule has 0 bridgehead atoms. The molecule has 0 aliphatic heterocycles. The molecule has 17 heavy (non-hydrogen) atoms. The second-order valence-electron chi connectivity index (χ2n) is 3.21. The molecule has 2 N–H and O–H groups in total. The molecule has 6 heteroatoms. The van der Waals surface area contributed by atoms with Crippen molar-refractivity contribution in [1.29, 1.82) is 0 Å². The minimum atomic E-state index is -5.07.